The van der Waals surface area contributed by atoms with Gasteiger partial charge >= 0.3 is 0 Å². The summed E-state index contributed by atoms with van der Waals surface area (Å²) >= 11 is 0. The molecule has 1 atom stereocenters. The second-order valence-corrected chi connectivity index (χ2v) is 6.81. The minimum absolute atomic E-state index is 0.381. The van der Waals surface area contributed by atoms with Gasteiger partial charge in [0.05, 0.1) is 5.60 Å². The predicted molar refractivity (Wildman–Crippen MR) is 70.0 cm³/mol. The van der Waals surface area contributed by atoms with Crippen LogP contribution in [0.25, 0.3) is 0 Å². The Balaban J connectivity index is 1.62. The molecule has 17 heavy (non-hydrogen) atoms. The van der Waals surface area contributed by atoms with Crippen LogP contribution in [0.15, 0.2) is 0 Å². The molecule has 1 unspecified atom stereocenters. The summed E-state index contributed by atoms with van der Waals surface area (Å²) in [5, 5.41) is 14.4. The van der Waals surface area contributed by atoms with Gasteiger partial charge in [0, 0.05) is 6.04 Å². The van der Waals surface area contributed by atoms with Crippen molar-refractivity contribution in [2.45, 2.75) is 82.3 Å². The number of piperidine rings is 1. The predicted octanol–water partition coefficient (Wildman–Crippen LogP) is 2.99. The molecule has 3 aliphatic rings. The summed E-state index contributed by atoms with van der Waals surface area (Å²) in [7, 11) is 0. The van der Waals surface area contributed by atoms with E-state index in [1.165, 1.54) is 57.8 Å². The van der Waals surface area contributed by atoms with Gasteiger partial charge in [0.2, 0.25) is 0 Å². The average Bonchev–Trinajstić information content (AvgIpc) is 2.84. The minimum atomic E-state index is -0.381. The van der Waals surface area contributed by atoms with Crippen molar-refractivity contribution in [3.05, 3.63) is 0 Å². The lowest BCUT2D eigenvalue weighted by molar-refractivity contribution is -0.0656. The minimum Gasteiger partial charge on any atom is -0.388 e. The summed E-state index contributed by atoms with van der Waals surface area (Å²) in [5.74, 6) is 0. The molecule has 3 rings (SSSR count). The fourth-order valence-electron chi connectivity index (χ4n) is 4.50. The van der Waals surface area contributed by atoms with Crippen LogP contribution in [0.1, 0.15) is 70.6 Å². The lowest BCUT2D eigenvalue weighted by atomic mass is 9.65. The van der Waals surface area contributed by atoms with E-state index in [9.17, 15) is 5.11 Å². The third-order valence-corrected chi connectivity index (χ3v) is 5.80. The van der Waals surface area contributed by atoms with Crippen LogP contribution in [0.5, 0.6) is 0 Å². The second kappa shape index (κ2) is 4.55. The first-order valence-corrected chi connectivity index (χ1v) is 7.68. The van der Waals surface area contributed by atoms with Crippen molar-refractivity contribution in [3.63, 3.8) is 0 Å². The Hall–Kier alpha value is -0.0800. The van der Waals surface area contributed by atoms with Crippen LogP contribution in [0.4, 0.5) is 0 Å². The largest absolute Gasteiger partial charge is 0.388 e. The molecular weight excluding hydrogens is 210 g/mol. The highest BCUT2D eigenvalue weighted by Gasteiger charge is 2.46. The maximum absolute atomic E-state index is 10.9. The lowest BCUT2D eigenvalue weighted by Crippen LogP contribution is -2.55. The standard InChI is InChI=1S/C15H27NO/c17-15(13-5-1-4-12-16-13)10-8-14(9-11-15)6-2-3-7-14/h13,16-17H,1-12H2. The van der Waals surface area contributed by atoms with E-state index in [0.29, 0.717) is 11.5 Å². The Kier molecular flexibility index (Phi) is 3.20. The van der Waals surface area contributed by atoms with Gasteiger partial charge in [-0.3, -0.25) is 0 Å². The normalized spacial score (nSPS) is 36.2. The van der Waals surface area contributed by atoms with E-state index in [1.807, 2.05) is 0 Å². The van der Waals surface area contributed by atoms with Gasteiger partial charge in [0.1, 0.15) is 0 Å². The van der Waals surface area contributed by atoms with Gasteiger partial charge in [0.25, 0.3) is 0 Å². The molecule has 0 bridgehead atoms. The molecule has 98 valence electrons. The van der Waals surface area contributed by atoms with Crippen molar-refractivity contribution in [2.75, 3.05) is 6.54 Å². The molecular formula is C15H27NO. The van der Waals surface area contributed by atoms with E-state index in [4.69, 9.17) is 0 Å². The van der Waals surface area contributed by atoms with Gasteiger partial charge in [-0.2, -0.15) is 0 Å². The zero-order valence-electron chi connectivity index (χ0n) is 11.0. The van der Waals surface area contributed by atoms with Crippen molar-refractivity contribution < 1.29 is 5.11 Å². The molecule has 0 amide bonds. The number of hydrogen-bond donors (Lipinski definition) is 2. The Morgan fingerprint density at radius 2 is 1.53 bits per heavy atom. The highest BCUT2D eigenvalue weighted by atomic mass is 16.3. The fraction of sp³-hybridized carbons (Fsp3) is 1.00. The first kappa shape index (κ1) is 12.0. The van der Waals surface area contributed by atoms with E-state index in [1.54, 1.807) is 0 Å². The van der Waals surface area contributed by atoms with Crippen LogP contribution >= 0.6 is 0 Å². The third kappa shape index (κ3) is 2.26. The molecule has 0 aromatic rings. The fourth-order valence-corrected chi connectivity index (χ4v) is 4.50. The van der Waals surface area contributed by atoms with E-state index < -0.39 is 0 Å². The zero-order valence-corrected chi connectivity index (χ0v) is 11.0. The molecule has 2 nitrogen and oxygen atoms in total. The molecule has 1 aliphatic heterocycles. The van der Waals surface area contributed by atoms with Gasteiger partial charge in [-0.05, 0) is 63.3 Å². The Morgan fingerprint density at radius 3 is 2.12 bits per heavy atom. The Bertz CT molecular complexity index is 254. The smallest absolute Gasteiger partial charge is 0.0800 e. The van der Waals surface area contributed by atoms with Crippen molar-refractivity contribution in [1.29, 1.82) is 0 Å². The molecule has 2 saturated carbocycles. The number of nitrogens with one attached hydrogen (secondary N) is 1. The summed E-state index contributed by atoms with van der Waals surface area (Å²) < 4.78 is 0. The third-order valence-electron chi connectivity index (χ3n) is 5.80. The van der Waals surface area contributed by atoms with E-state index >= 15 is 0 Å². The van der Waals surface area contributed by atoms with Crippen LogP contribution < -0.4 is 5.32 Å². The lowest BCUT2D eigenvalue weighted by Gasteiger charge is -2.47. The van der Waals surface area contributed by atoms with Crippen LogP contribution in [0.2, 0.25) is 0 Å². The quantitative estimate of drug-likeness (QED) is 0.735. The van der Waals surface area contributed by atoms with Crippen LogP contribution in [-0.2, 0) is 0 Å². The van der Waals surface area contributed by atoms with Gasteiger partial charge in [-0.15, -0.1) is 0 Å². The summed E-state index contributed by atoms with van der Waals surface area (Å²) in [4.78, 5) is 0. The molecule has 0 aromatic carbocycles. The van der Waals surface area contributed by atoms with Crippen LogP contribution in [0, 0.1) is 5.41 Å². The molecule has 2 N–H and O–H groups in total. The van der Waals surface area contributed by atoms with Gasteiger partial charge in [-0.1, -0.05) is 19.3 Å². The topological polar surface area (TPSA) is 32.3 Å². The molecule has 2 heteroatoms. The van der Waals surface area contributed by atoms with Crippen molar-refractivity contribution in [2.24, 2.45) is 5.41 Å². The number of hydrogen-bond acceptors (Lipinski definition) is 2. The highest BCUT2D eigenvalue weighted by Crippen LogP contribution is 2.52. The first-order valence-electron chi connectivity index (χ1n) is 7.68. The average molecular weight is 237 g/mol. The molecule has 1 spiro atoms. The summed E-state index contributed by atoms with van der Waals surface area (Å²) in [6.45, 7) is 1.11. The second-order valence-electron chi connectivity index (χ2n) is 6.81. The molecule has 3 fully saturated rings. The molecule has 1 heterocycles. The monoisotopic (exact) mass is 237 g/mol. The van der Waals surface area contributed by atoms with Crippen molar-refractivity contribution in [1.82, 2.24) is 5.32 Å². The van der Waals surface area contributed by atoms with Gasteiger partial charge in [0.15, 0.2) is 0 Å². The van der Waals surface area contributed by atoms with Gasteiger partial charge < -0.3 is 10.4 Å². The van der Waals surface area contributed by atoms with Gasteiger partial charge in [-0.25, -0.2) is 0 Å². The number of rotatable bonds is 1. The Labute approximate surface area is 105 Å². The summed E-state index contributed by atoms with van der Waals surface area (Å²) in [6.07, 6.45) is 14.1. The van der Waals surface area contributed by atoms with E-state index in [0.717, 1.165) is 19.4 Å². The maximum Gasteiger partial charge on any atom is 0.0800 e. The first-order chi connectivity index (χ1) is 8.23. The van der Waals surface area contributed by atoms with E-state index in [2.05, 4.69) is 5.32 Å². The van der Waals surface area contributed by atoms with E-state index in [-0.39, 0.29) is 5.60 Å². The van der Waals surface area contributed by atoms with Crippen molar-refractivity contribution in [3.8, 4) is 0 Å². The highest BCUT2D eigenvalue weighted by molar-refractivity contribution is 5.01. The Morgan fingerprint density at radius 1 is 0.824 bits per heavy atom. The summed E-state index contributed by atoms with van der Waals surface area (Å²) in [5.41, 5.74) is 0.259. The summed E-state index contributed by atoms with van der Waals surface area (Å²) in [6, 6.07) is 0.384. The van der Waals surface area contributed by atoms with Crippen LogP contribution in [-0.4, -0.2) is 23.3 Å². The molecule has 0 aromatic heterocycles. The van der Waals surface area contributed by atoms with Crippen molar-refractivity contribution >= 4 is 0 Å². The SMILES string of the molecule is OC1(C2CCCCN2)CCC2(CCCC2)CC1. The molecule has 0 radical (unpaired) electrons. The molecule has 1 saturated heterocycles. The number of aliphatic hydroxyl groups is 1. The van der Waals surface area contributed by atoms with Crippen LogP contribution in [0.3, 0.4) is 0 Å². The maximum atomic E-state index is 10.9. The zero-order chi connectivity index (χ0) is 11.8. The molecule has 2 aliphatic carbocycles.